The van der Waals surface area contributed by atoms with E-state index in [0.717, 1.165) is 0 Å². The van der Waals surface area contributed by atoms with Crippen LogP contribution in [0.2, 0.25) is 0 Å². The first-order valence-corrected chi connectivity index (χ1v) is 9.52. The van der Waals surface area contributed by atoms with Crippen LogP contribution in [-0.2, 0) is 14.8 Å². The van der Waals surface area contributed by atoms with Crippen molar-refractivity contribution < 1.29 is 23.1 Å². The summed E-state index contributed by atoms with van der Waals surface area (Å²) in [5.74, 6) is -1.53. The molecule has 1 amide bonds. The molecule has 7 nitrogen and oxygen atoms in total. The normalized spacial score (nSPS) is 13.3. The van der Waals surface area contributed by atoms with Crippen molar-refractivity contribution in [3.8, 4) is 0 Å². The third-order valence-electron chi connectivity index (χ3n) is 3.83. The monoisotopic (exact) mass is 370 g/mol. The van der Waals surface area contributed by atoms with Crippen molar-refractivity contribution >= 4 is 21.9 Å². The molecule has 0 radical (unpaired) electrons. The molecule has 0 saturated carbocycles. The Kier molecular flexibility index (Phi) is 7.13. The van der Waals surface area contributed by atoms with Gasteiger partial charge in [0.05, 0.1) is 4.90 Å². The number of nitrogens with one attached hydrogen (secondary N) is 1. The molecule has 0 saturated heterocycles. The van der Waals surface area contributed by atoms with Crippen molar-refractivity contribution in [2.45, 2.75) is 51.1 Å². The Morgan fingerprint density at radius 3 is 2.04 bits per heavy atom. The smallest absolute Gasteiger partial charge is 0.326 e. The first kappa shape index (κ1) is 21.1. The molecule has 0 heterocycles. The van der Waals surface area contributed by atoms with Gasteiger partial charge in [-0.15, -0.1) is 0 Å². The van der Waals surface area contributed by atoms with E-state index in [0.29, 0.717) is 6.42 Å². The number of carbonyl (C=O) groups is 2. The predicted octanol–water partition coefficient (Wildman–Crippen LogP) is 1.94. The molecule has 0 aliphatic carbocycles. The highest BCUT2D eigenvalue weighted by Gasteiger charge is 2.24. The molecule has 140 valence electrons. The maximum Gasteiger partial charge on any atom is 0.326 e. The second-order valence-corrected chi connectivity index (χ2v) is 8.63. The van der Waals surface area contributed by atoms with Crippen LogP contribution in [0.15, 0.2) is 29.2 Å². The van der Waals surface area contributed by atoms with E-state index in [-0.39, 0.29) is 22.4 Å². The van der Waals surface area contributed by atoms with E-state index in [2.05, 4.69) is 5.32 Å². The van der Waals surface area contributed by atoms with Gasteiger partial charge in [-0.3, -0.25) is 4.79 Å². The SMILES string of the molecule is CC(C)CC(NC(=O)c1ccc(S(=O)(=O)N(C)C(C)C)cc1)C(=O)O. The molecule has 0 fully saturated rings. The van der Waals surface area contributed by atoms with Crippen molar-refractivity contribution in [2.75, 3.05) is 7.05 Å². The Morgan fingerprint density at radius 1 is 1.12 bits per heavy atom. The number of aliphatic carboxylic acids is 1. The van der Waals surface area contributed by atoms with Gasteiger partial charge in [-0.2, -0.15) is 4.31 Å². The van der Waals surface area contributed by atoms with Crippen LogP contribution in [0.1, 0.15) is 44.5 Å². The first-order valence-electron chi connectivity index (χ1n) is 8.08. The van der Waals surface area contributed by atoms with E-state index in [1.807, 2.05) is 13.8 Å². The molecule has 1 unspecified atom stereocenters. The summed E-state index contributed by atoms with van der Waals surface area (Å²) in [5.41, 5.74) is 0.209. The topological polar surface area (TPSA) is 104 Å². The fourth-order valence-corrected chi connectivity index (χ4v) is 3.52. The fraction of sp³-hybridized carbons (Fsp3) is 0.529. The summed E-state index contributed by atoms with van der Waals surface area (Å²) in [4.78, 5) is 23.5. The van der Waals surface area contributed by atoms with Gasteiger partial charge in [0.15, 0.2) is 0 Å². The maximum absolute atomic E-state index is 12.4. The number of benzene rings is 1. The molecule has 0 bridgehead atoms. The highest BCUT2D eigenvalue weighted by molar-refractivity contribution is 7.89. The van der Waals surface area contributed by atoms with Crippen LogP contribution >= 0.6 is 0 Å². The minimum absolute atomic E-state index is 0.0808. The van der Waals surface area contributed by atoms with Crippen molar-refractivity contribution in [2.24, 2.45) is 5.92 Å². The van der Waals surface area contributed by atoms with Crippen LogP contribution in [0.25, 0.3) is 0 Å². The van der Waals surface area contributed by atoms with Gasteiger partial charge in [-0.1, -0.05) is 13.8 Å². The molecule has 0 aromatic heterocycles. The predicted molar refractivity (Wildman–Crippen MR) is 94.9 cm³/mol. The fourth-order valence-electron chi connectivity index (χ4n) is 2.16. The highest BCUT2D eigenvalue weighted by atomic mass is 32.2. The summed E-state index contributed by atoms with van der Waals surface area (Å²) in [6.07, 6.45) is 0.312. The van der Waals surface area contributed by atoms with E-state index in [4.69, 9.17) is 0 Å². The summed E-state index contributed by atoms with van der Waals surface area (Å²) in [5, 5.41) is 11.6. The Balaban J connectivity index is 2.95. The summed E-state index contributed by atoms with van der Waals surface area (Å²) in [7, 11) is -2.14. The first-order chi connectivity index (χ1) is 11.5. The average molecular weight is 370 g/mol. The molecule has 2 N–H and O–H groups in total. The van der Waals surface area contributed by atoms with Gasteiger partial charge in [-0.05, 0) is 50.5 Å². The van der Waals surface area contributed by atoms with Crippen LogP contribution in [-0.4, -0.2) is 48.8 Å². The molecule has 0 aliphatic heterocycles. The summed E-state index contributed by atoms with van der Waals surface area (Å²) in [6.45, 7) is 7.26. The highest BCUT2D eigenvalue weighted by Crippen LogP contribution is 2.17. The number of hydrogen-bond acceptors (Lipinski definition) is 4. The van der Waals surface area contributed by atoms with Gasteiger partial charge in [-0.25, -0.2) is 13.2 Å². The molecule has 8 heteroatoms. The second kappa shape index (κ2) is 8.44. The molecule has 1 aromatic carbocycles. The molecule has 0 aliphatic rings. The summed E-state index contributed by atoms with van der Waals surface area (Å²) >= 11 is 0. The molecular formula is C17H26N2O5S. The summed E-state index contributed by atoms with van der Waals surface area (Å²) in [6, 6.07) is 4.28. The average Bonchev–Trinajstić information content (AvgIpc) is 2.52. The minimum Gasteiger partial charge on any atom is -0.480 e. The zero-order valence-electron chi connectivity index (χ0n) is 15.2. The number of carboxylic acids is 1. The van der Waals surface area contributed by atoms with Gasteiger partial charge in [0.25, 0.3) is 5.91 Å². The van der Waals surface area contributed by atoms with Crippen molar-refractivity contribution in [3.05, 3.63) is 29.8 Å². The van der Waals surface area contributed by atoms with Gasteiger partial charge in [0, 0.05) is 18.7 Å². The molecule has 1 aromatic rings. The number of carbonyl (C=O) groups excluding carboxylic acids is 1. The minimum atomic E-state index is -3.63. The molecule has 25 heavy (non-hydrogen) atoms. The van der Waals surface area contributed by atoms with Crippen molar-refractivity contribution in [3.63, 3.8) is 0 Å². The van der Waals surface area contributed by atoms with Crippen LogP contribution in [0, 0.1) is 5.92 Å². The third-order valence-corrected chi connectivity index (χ3v) is 5.88. The van der Waals surface area contributed by atoms with Crippen LogP contribution in [0.4, 0.5) is 0 Å². The lowest BCUT2D eigenvalue weighted by Crippen LogP contribution is -2.41. The Hall–Kier alpha value is -1.93. The van der Waals surface area contributed by atoms with Gasteiger partial charge in [0.2, 0.25) is 10.0 Å². The van der Waals surface area contributed by atoms with E-state index in [9.17, 15) is 23.1 Å². The number of carboxylic acid groups (broad SMARTS) is 1. The molecule has 1 atom stereocenters. The number of hydrogen-bond donors (Lipinski definition) is 2. The van der Waals surface area contributed by atoms with Crippen LogP contribution < -0.4 is 5.32 Å². The molecular weight excluding hydrogens is 344 g/mol. The lowest BCUT2D eigenvalue weighted by Gasteiger charge is -2.21. The third kappa shape index (κ3) is 5.54. The number of nitrogens with zero attached hydrogens (tertiary/aromatic N) is 1. The van der Waals surface area contributed by atoms with Crippen LogP contribution in [0.5, 0.6) is 0 Å². The Morgan fingerprint density at radius 2 is 1.64 bits per heavy atom. The molecule has 0 spiro atoms. The van der Waals surface area contributed by atoms with Crippen molar-refractivity contribution in [1.82, 2.24) is 9.62 Å². The van der Waals surface area contributed by atoms with E-state index < -0.39 is 27.9 Å². The Bertz CT molecular complexity index is 711. The standard InChI is InChI=1S/C17H26N2O5S/c1-11(2)10-15(17(21)22)18-16(20)13-6-8-14(9-7-13)25(23,24)19(5)12(3)4/h6-9,11-12,15H,10H2,1-5H3,(H,18,20)(H,21,22). The zero-order valence-corrected chi connectivity index (χ0v) is 16.0. The zero-order chi connectivity index (χ0) is 19.4. The van der Waals surface area contributed by atoms with Gasteiger partial charge < -0.3 is 10.4 Å². The van der Waals surface area contributed by atoms with E-state index >= 15 is 0 Å². The van der Waals surface area contributed by atoms with E-state index in [1.165, 1.54) is 35.6 Å². The summed E-state index contributed by atoms with van der Waals surface area (Å²) < 4.78 is 26.0. The maximum atomic E-state index is 12.4. The lowest BCUT2D eigenvalue weighted by molar-refractivity contribution is -0.139. The largest absolute Gasteiger partial charge is 0.480 e. The lowest BCUT2D eigenvalue weighted by atomic mass is 10.0. The van der Waals surface area contributed by atoms with Crippen molar-refractivity contribution in [1.29, 1.82) is 0 Å². The quantitative estimate of drug-likeness (QED) is 0.728. The number of rotatable bonds is 8. The molecule has 1 rings (SSSR count). The van der Waals surface area contributed by atoms with Crippen LogP contribution in [0.3, 0.4) is 0 Å². The second-order valence-electron chi connectivity index (χ2n) is 6.63. The number of sulfonamides is 1. The Labute approximate surface area is 149 Å². The van der Waals surface area contributed by atoms with E-state index in [1.54, 1.807) is 13.8 Å². The van der Waals surface area contributed by atoms with Gasteiger partial charge >= 0.3 is 5.97 Å². The number of amides is 1. The van der Waals surface area contributed by atoms with Gasteiger partial charge in [0.1, 0.15) is 6.04 Å².